The van der Waals surface area contributed by atoms with Crippen LogP contribution in [-0.2, 0) is 0 Å². The van der Waals surface area contributed by atoms with Gasteiger partial charge in [-0.25, -0.2) is 0 Å². The van der Waals surface area contributed by atoms with Crippen molar-refractivity contribution in [3.8, 4) is 11.8 Å². The summed E-state index contributed by atoms with van der Waals surface area (Å²) in [5.41, 5.74) is 0. The average Bonchev–Trinajstić information content (AvgIpc) is 2.05. The first kappa shape index (κ1) is 11.4. The number of hydrogen-bond donors (Lipinski definition) is 0. The molecule has 0 unspecified atom stereocenters. The minimum atomic E-state index is 1.19. The van der Waals surface area contributed by atoms with Gasteiger partial charge in [-0.15, -0.1) is 41.2 Å². The first-order valence-corrected chi connectivity index (χ1v) is 6.76. The van der Waals surface area contributed by atoms with E-state index < -0.39 is 0 Å². The van der Waals surface area contributed by atoms with Crippen molar-refractivity contribution in [3.05, 3.63) is 9.14 Å². The van der Waals surface area contributed by atoms with E-state index in [1.807, 2.05) is 6.92 Å². The Bertz CT molecular complexity index is 189. The Hall–Kier alpha value is 0.350. The summed E-state index contributed by atoms with van der Waals surface area (Å²) in [7, 11) is 0. The molecule has 0 aromatic rings. The zero-order valence-electron chi connectivity index (χ0n) is 7.22. The van der Waals surface area contributed by atoms with Gasteiger partial charge in [0.2, 0.25) is 0 Å². The Kier molecular flexibility index (Phi) is 7.25. The molecule has 0 spiro atoms. The number of hydrogen-bond acceptors (Lipinski definition) is 3. The maximum Gasteiger partial charge on any atom is 0.0771 e. The van der Waals surface area contributed by atoms with Gasteiger partial charge in [0.05, 0.1) is 9.14 Å². The second-order valence-electron chi connectivity index (χ2n) is 1.60. The van der Waals surface area contributed by atoms with Crippen LogP contribution < -0.4 is 0 Å². The Morgan fingerprint density at radius 1 is 1.00 bits per heavy atom. The molecule has 3 heteroatoms. The summed E-state index contributed by atoms with van der Waals surface area (Å²) in [4.78, 5) is 1.19. The molecule has 0 aliphatic heterocycles. The van der Waals surface area contributed by atoms with Crippen LogP contribution in [-0.4, -0.2) is 18.8 Å². The zero-order chi connectivity index (χ0) is 8.69. The summed E-state index contributed by atoms with van der Waals surface area (Å²) in [5.74, 6) is 6.00. The maximum atomic E-state index is 3.09. The normalized spacial score (nSPS) is 8.36. The summed E-state index contributed by atoms with van der Waals surface area (Å²) < 4.78 is 1.31. The molecule has 0 amide bonds. The van der Waals surface area contributed by atoms with Crippen molar-refractivity contribution < 1.29 is 0 Å². The van der Waals surface area contributed by atoms with Crippen LogP contribution in [0.25, 0.3) is 0 Å². The van der Waals surface area contributed by atoms with E-state index in [0.29, 0.717) is 0 Å². The molecule has 0 N–H and O–H groups in total. The Labute approximate surface area is 82.0 Å². The molecule has 0 bridgehead atoms. The fourth-order valence-electron chi connectivity index (χ4n) is 0.568. The Morgan fingerprint density at radius 3 is 1.82 bits per heavy atom. The molecule has 62 valence electrons. The molecule has 0 heterocycles. The molecule has 0 rings (SSSR count). The molecular weight excluding hydrogens is 192 g/mol. The van der Waals surface area contributed by atoms with Crippen molar-refractivity contribution in [1.29, 1.82) is 0 Å². The highest BCUT2D eigenvalue weighted by molar-refractivity contribution is 8.22. The summed E-state index contributed by atoms with van der Waals surface area (Å²) in [6.45, 7) is 1.87. The van der Waals surface area contributed by atoms with E-state index in [-0.39, 0.29) is 0 Å². The number of allylic oxidation sites excluding steroid dienone is 1. The van der Waals surface area contributed by atoms with Gasteiger partial charge >= 0.3 is 0 Å². The van der Waals surface area contributed by atoms with Gasteiger partial charge in [-0.2, -0.15) is 0 Å². The highest BCUT2D eigenvalue weighted by Crippen LogP contribution is 2.31. The molecule has 0 aromatic carbocycles. The first-order chi connectivity index (χ1) is 5.29. The predicted molar refractivity (Wildman–Crippen MR) is 61.0 cm³/mol. The van der Waals surface area contributed by atoms with Gasteiger partial charge in [0.25, 0.3) is 0 Å². The fraction of sp³-hybridized carbons (Fsp3) is 0.500. The third-order valence-corrected chi connectivity index (χ3v) is 4.12. The van der Waals surface area contributed by atoms with Crippen LogP contribution in [0.2, 0.25) is 0 Å². The third kappa shape index (κ3) is 4.05. The van der Waals surface area contributed by atoms with Crippen molar-refractivity contribution in [2.75, 3.05) is 18.8 Å². The smallest absolute Gasteiger partial charge is 0.0771 e. The maximum absolute atomic E-state index is 3.09. The summed E-state index contributed by atoms with van der Waals surface area (Å²) in [6, 6.07) is 0. The van der Waals surface area contributed by atoms with Gasteiger partial charge in [0, 0.05) is 0 Å². The van der Waals surface area contributed by atoms with Crippen LogP contribution in [0.15, 0.2) is 9.14 Å². The molecule has 0 aromatic heterocycles. The van der Waals surface area contributed by atoms with Crippen LogP contribution >= 0.6 is 35.3 Å². The largest absolute Gasteiger partial charge is 0.121 e. The van der Waals surface area contributed by atoms with Crippen LogP contribution in [0.5, 0.6) is 0 Å². The zero-order valence-corrected chi connectivity index (χ0v) is 9.67. The first-order valence-electron chi connectivity index (χ1n) is 3.09. The van der Waals surface area contributed by atoms with Crippen LogP contribution in [0.4, 0.5) is 0 Å². The summed E-state index contributed by atoms with van der Waals surface area (Å²) >= 11 is 5.24. The van der Waals surface area contributed by atoms with Crippen LogP contribution in [0, 0.1) is 11.8 Å². The SMILES string of the molecule is CC#CC(SC)=C(SC)SC. The lowest BCUT2D eigenvalue weighted by Crippen LogP contribution is -1.75. The monoisotopic (exact) mass is 204 g/mol. The molecule has 0 nitrogen and oxygen atoms in total. The molecular formula is C8H12S3. The van der Waals surface area contributed by atoms with E-state index in [1.54, 1.807) is 35.3 Å². The van der Waals surface area contributed by atoms with Crippen molar-refractivity contribution >= 4 is 35.3 Å². The minimum Gasteiger partial charge on any atom is -0.121 e. The van der Waals surface area contributed by atoms with Gasteiger partial charge in [-0.3, -0.25) is 0 Å². The van der Waals surface area contributed by atoms with E-state index >= 15 is 0 Å². The molecule has 0 aliphatic rings. The van der Waals surface area contributed by atoms with E-state index in [9.17, 15) is 0 Å². The lowest BCUT2D eigenvalue weighted by molar-refractivity contribution is 1.90. The van der Waals surface area contributed by atoms with Crippen molar-refractivity contribution in [1.82, 2.24) is 0 Å². The van der Waals surface area contributed by atoms with E-state index in [0.717, 1.165) is 0 Å². The molecule has 0 saturated heterocycles. The fourth-order valence-corrected chi connectivity index (χ4v) is 3.08. The standard InChI is InChI=1S/C8H12S3/c1-5-6-7(9-2)8(10-3)11-4/h1-4H3. The highest BCUT2D eigenvalue weighted by Gasteiger charge is 1.99. The van der Waals surface area contributed by atoms with Gasteiger partial charge in [-0.05, 0) is 25.7 Å². The highest BCUT2D eigenvalue weighted by atomic mass is 32.2. The second-order valence-corrected chi connectivity index (χ2v) is 4.31. The Morgan fingerprint density at radius 2 is 1.55 bits per heavy atom. The average molecular weight is 204 g/mol. The van der Waals surface area contributed by atoms with Crippen molar-refractivity contribution in [3.63, 3.8) is 0 Å². The van der Waals surface area contributed by atoms with Gasteiger partial charge < -0.3 is 0 Å². The minimum absolute atomic E-state index is 1.19. The van der Waals surface area contributed by atoms with Crippen LogP contribution in [0.1, 0.15) is 6.92 Å². The van der Waals surface area contributed by atoms with Crippen LogP contribution in [0.3, 0.4) is 0 Å². The predicted octanol–water partition coefficient (Wildman–Crippen LogP) is 3.27. The van der Waals surface area contributed by atoms with Gasteiger partial charge in [-0.1, -0.05) is 5.92 Å². The van der Waals surface area contributed by atoms with Gasteiger partial charge in [0.1, 0.15) is 0 Å². The molecule has 11 heavy (non-hydrogen) atoms. The molecule has 0 atom stereocenters. The molecule has 0 saturated carbocycles. The summed E-state index contributed by atoms with van der Waals surface area (Å²) in [6.07, 6.45) is 6.23. The lowest BCUT2D eigenvalue weighted by Gasteiger charge is -2.01. The molecule has 0 radical (unpaired) electrons. The molecule has 0 fully saturated rings. The van der Waals surface area contributed by atoms with E-state index in [4.69, 9.17) is 0 Å². The number of thioether (sulfide) groups is 3. The molecule has 0 aliphatic carbocycles. The lowest BCUT2D eigenvalue weighted by atomic mass is 10.6. The third-order valence-electron chi connectivity index (χ3n) is 0.999. The topological polar surface area (TPSA) is 0 Å². The van der Waals surface area contributed by atoms with E-state index in [1.165, 1.54) is 9.14 Å². The summed E-state index contributed by atoms with van der Waals surface area (Å²) in [5, 5.41) is 0. The van der Waals surface area contributed by atoms with Crippen molar-refractivity contribution in [2.24, 2.45) is 0 Å². The quantitative estimate of drug-likeness (QED) is 0.648. The second kappa shape index (κ2) is 7.02. The van der Waals surface area contributed by atoms with Crippen molar-refractivity contribution in [2.45, 2.75) is 6.92 Å². The number of rotatable bonds is 3. The Balaban J connectivity index is 4.57. The van der Waals surface area contributed by atoms with Gasteiger partial charge in [0.15, 0.2) is 0 Å². The van der Waals surface area contributed by atoms with E-state index in [2.05, 4.69) is 30.6 Å².